The lowest BCUT2D eigenvalue weighted by Crippen LogP contribution is -2.32. The van der Waals surface area contributed by atoms with Gasteiger partial charge in [0, 0.05) is 35.4 Å². The van der Waals surface area contributed by atoms with Gasteiger partial charge in [0.25, 0.3) is 0 Å². The van der Waals surface area contributed by atoms with Crippen LogP contribution in [0.4, 0.5) is 5.69 Å². The molecule has 1 aromatic carbocycles. The summed E-state index contributed by atoms with van der Waals surface area (Å²) in [6.07, 6.45) is 2.47. The Labute approximate surface area is 157 Å². The fourth-order valence-electron chi connectivity index (χ4n) is 3.62. The van der Waals surface area contributed by atoms with Crippen LogP contribution in [0.5, 0.6) is 0 Å². The lowest BCUT2D eigenvalue weighted by atomic mass is 9.99. The number of H-pyrrole nitrogens is 1. The summed E-state index contributed by atoms with van der Waals surface area (Å²) in [7, 11) is -1.13. The van der Waals surface area contributed by atoms with E-state index >= 15 is 0 Å². The fourth-order valence-corrected chi connectivity index (χ4v) is 4.68. The summed E-state index contributed by atoms with van der Waals surface area (Å²) in [5.41, 5.74) is 4.13. The Bertz CT molecular complexity index is 908. The van der Waals surface area contributed by atoms with Crippen LogP contribution < -0.4 is 4.90 Å². The van der Waals surface area contributed by atoms with Crippen LogP contribution in [-0.2, 0) is 16.6 Å². The number of aryl methyl sites for hydroxylation is 1. The van der Waals surface area contributed by atoms with Gasteiger partial charge >= 0.3 is 0 Å². The lowest BCUT2D eigenvalue weighted by molar-refractivity contribution is 0.438. The minimum atomic E-state index is -1.13. The molecule has 1 aliphatic rings. The Hall–Kier alpha value is -2.14. The zero-order valence-corrected chi connectivity index (χ0v) is 16.2. The van der Waals surface area contributed by atoms with Gasteiger partial charge in [-0.05, 0) is 49.9 Å². The van der Waals surface area contributed by atoms with E-state index in [1.807, 2.05) is 37.3 Å². The monoisotopic (exact) mass is 367 g/mol. The second kappa shape index (κ2) is 7.23. The van der Waals surface area contributed by atoms with E-state index in [1.54, 1.807) is 0 Å². The molecule has 0 saturated carbocycles. The molecule has 0 spiro atoms. The summed E-state index contributed by atoms with van der Waals surface area (Å²) < 4.78 is 12.9. The molecule has 4 rings (SSSR count). The van der Waals surface area contributed by atoms with Crippen molar-refractivity contribution < 1.29 is 4.21 Å². The normalized spacial score (nSPS) is 16.9. The van der Waals surface area contributed by atoms with Crippen molar-refractivity contribution in [2.45, 2.75) is 37.5 Å². The molecule has 136 valence electrons. The van der Waals surface area contributed by atoms with Crippen LogP contribution in [0.25, 0.3) is 10.9 Å². The highest BCUT2D eigenvalue weighted by atomic mass is 32.2. The largest absolute Gasteiger partial charge is 0.371 e. The van der Waals surface area contributed by atoms with Gasteiger partial charge in [0.05, 0.1) is 22.2 Å². The Morgan fingerprint density at radius 3 is 2.73 bits per heavy atom. The van der Waals surface area contributed by atoms with Gasteiger partial charge in [0.2, 0.25) is 0 Å². The van der Waals surface area contributed by atoms with Crippen LogP contribution in [0.3, 0.4) is 0 Å². The Morgan fingerprint density at radius 2 is 1.96 bits per heavy atom. The number of fused-ring (bicyclic) bond motifs is 1. The second-order valence-corrected chi connectivity index (χ2v) is 8.76. The first-order valence-electron chi connectivity index (χ1n) is 9.27. The van der Waals surface area contributed by atoms with Crippen molar-refractivity contribution in [3.63, 3.8) is 0 Å². The van der Waals surface area contributed by atoms with E-state index in [9.17, 15) is 4.21 Å². The fraction of sp³-hybridized carbons (Fsp3) is 0.381. The number of benzene rings is 1. The molecule has 26 heavy (non-hydrogen) atoms. The number of hydrogen-bond donors (Lipinski definition) is 1. The van der Waals surface area contributed by atoms with Gasteiger partial charge in [-0.25, -0.2) is 0 Å². The van der Waals surface area contributed by atoms with Crippen LogP contribution in [0, 0.1) is 12.8 Å². The van der Waals surface area contributed by atoms with Crippen LogP contribution >= 0.6 is 0 Å². The highest BCUT2D eigenvalue weighted by Gasteiger charge is 2.18. The first-order valence-corrected chi connectivity index (χ1v) is 10.6. The smallest absolute Gasteiger partial charge is 0.105 e. The maximum absolute atomic E-state index is 12.9. The molecule has 1 N–H and O–H groups in total. The average Bonchev–Trinajstić information content (AvgIpc) is 3.06. The van der Waals surface area contributed by atoms with Crippen molar-refractivity contribution in [2.75, 3.05) is 18.0 Å². The number of rotatable bonds is 4. The Morgan fingerprint density at radius 1 is 1.19 bits per heavy atom. The minimum absolute atomic E-state index is 0.436. The van der Waals surface area contributed by atoms with Gasteiger partial charge in [-0.15, -0.1) is 0 Å². The third-order valence-electron chi connectivity index (χ3n) is 5.17. The van der Waals surface area contributed by atoms with Gasteiger partial charge in [-0.2, -0.15) is 0 Å². The maximum Gasteiger partial charge on any atom is 0.105 e. The number of para-hydroxylation sites is 1. The molecule has 0 amide bonds. The summed E-state index contributed by atoms with van der Waals surface area (Å²) in [5, 5.41) is 1.86. The van der Waals surface area contributed by atoms with Crippen LogP contribution in [0.2, 0.25) is 0 Å². The van der Waals surface area contributed by atoms with E-state index in [2.05, 4.69) is 33.9 Å². The Balaban J connectivity index is 1.54. The number of aromatic amines is 1. The average molecular weight is 368 g/mol. The van der Waals surface area contributed by atoms with E-state index in [0.717, 1.165) is 46.3 Å². The summed E-state index contributed by atoms with van der Waals surface area (Å²) >= 11 is 0. The zero-order chi connectivity index (χ0) is 18.1. The summed E-state index contributed by atoms with van der Waals surface area (Å²) in [5.74, 6) is 1.24. The van der Waals surface area contributed by atoms with E-state index in [1.165, 1.54) is 18.5 Å². The van der Waals surface area contributed by atoms with Crippen molar-refractivity contribution >= 4 is 27.4 Å². The molecule has 0 bridgehead atoms. The minimum Gasteiger partial charge on any atom is -0.371 e. The number of hydrogen-bond acceptors (Lipinski definition) is 3. The third-order valence-corrected chi connectivity index (χ3v) is 6.44. The molecular weight excluding hydrogens is 342 g/mol. The SMILES string of the molecule is Cc1cc(N2CCC(C)CC2)cc(CS(=O)c2cc3ccccc3[nH]2)n1. The topological polar surface area (TPSA) is 49.0 Å². The quantitative estimate of drug-likeness (QED) is 0.743. The highest BCUT2D eigenvalue weighted by molar-refractivity contribution is 7.84. The second-order valence-electron chi connectivity index (χ2n) is 7.34. The van der Waals surface area contributed by atoms with E-state index < -0.39 is 10.8 Å². The number of nitrogens with one attached hydrogen (secondary N) is 1. The number of aromatic nitrogens is 2. The molecule has 1 unspecified atom stereocenters. The van der Waals surface area contributed by atoms with E-state index in [0.29, 0.717) is 5.75 Å². The van der Waals surface area contributed by atoms with Gasteiger partial charge in [-0.1, -0.05) is 25.1 Å². The predicted molar refractivity (Wildman–Crippen MR) is 108 cm³/mol. The van der Waals surface area contributed by atoms with Crippen molar-refractivity contribution in [1.82, 2.24) is 9.97 Å². The number of pyridine rings is 1. The summed E-state index contributed by atoms with van der Waals surface area (Å²) in [4.78, 5) is 10.3. The molecule has 3 heterocycles. The molecule has 4 nitrogen and oxygen atoms in total. The van der Waals surface area contributed by atoms with Gasteiger partial charge in [0.15, 0.2) is 0 Å². The predicted octanol–water partition coefficient (Wildman–Crippen LogP) is 4.42. The molecule has 1 atom stereocenters. The molecule has 1 saturated heterocycles. The molecule has 5 heteroatoms. The highest BCUT2D eigenvalue weighted by Crippen LogP contribution is 2.25. The van der Waals surface area contributed by atoms with Crippen molar-refractivity contribution in [1.29, 1.82) is 0 Å². The zero-order valence-electron chi connectivity index (χ0n) is 15.4. The first-order chi connectivity index (χ1) is 12.6. The third kappa shape index (κ3) is 3.68. The van der Waals surface area contributed by atoms with Crippen LogP contribution in [-0.4, -0.2) is 27.3 Å². The standard InChI is InChI=1S/C21H25N3OS/c1-15-7-9-24(10-8-15)19-11-16(2)22-18(13-19)14-26(25)21-12-17-5-3-4-6-20(17)23-21/h3-6,11-13,15,23H,7-10,14H2,1-2H3. The van der Waals surface area contributed by atoms with Gasteiger partial charge in [-0.3, -0.25) is 9.19 Å². The molecule has 0 aliphatic carbocycles. The molecule has 1 fully saturated rings. The maximum atomic E-state index is 12.9. The number of nitrogens with zero attached hydrogens (tertiary/aromatic N) is 2. The molecular formula is C21H25N3OS. The van der Waals surface area contributed by atoms with Crippen molar-refractivity contribution in [2.24, 2.45) is 5.92 Å². The Kier molecular flexibility index (Phi) is 4.81. The van der Waals surface area contributed by atoms with Crippen molar-refractivity contribution in [3.8, 4) is 0 Å². The van der Waals surface area contributed by atoms with Gasteiger partial charge in [0.1, 0.15) is 5.03 Å². The summed E-state index contributed by atoms with van der Waals surface area (Å²) in [6.45, 7) is 6.53. The molecule has 3 aromatic rings. The lowest BCUT2D eigenvalue weighted by Gasteiger charge is -2.32. The molecule has 1 aliphatic heterocycles. The number of anilines is 1. The molecule has 0 radical (unpaired) electrons. The molecule has 2 aromatic heterocycles. The van der Waals surface area contributed by atoms with Crippen LogP contribution in [0.15, 0.2) is 47.5 Å². The van der Waals surface area contributed by atoms with Gasteiger partial charge < -0.3 is 9.88 Å². The van der Waals surface area contributed by atoms with Crippen molar-refractivity contribution in [3.05, 3.63) is 53.9 Å². The van der Waals surface area contributed by atoms with E-state index in [-0.39, 0.29) is 0 Å². The van der Waals surface area contributed by atoms with E-state index in [4.69, 9.17) is 0 Å². The first kappa shape index (κ1) is 17.3. The van der Waals surface area contributed by atoms with Crippen LogP contribution in [0.1, 0.15) is 31.2 Å². The summed E-state index contributed by atoms with van der Waals surface area (Å²) in [6, 6.07) is 14.3. The number of piperidine rings is 1.